The molecule has 0 aliphatic carbocycles. The van der Waals surface area contributed by atoms with Crippen molar-refractivity contribution in [2.75, 3.05) is 14.2 Å². The molecule has 4 heteroatoms. The van der Waals surface area contributed by atoms with Gasteiger partial charge in [-0.2, -0.15) is 16.6 Å². The van der Waals surface area contributed by atoms with Crippen molar-refractivity contribution < 1.29 is 9.47 Å². The molecule has 0 unspecified atom stereocenters. The van der Waals surface area contributed by atoms with Gasteiger partial charge in [0.25, 0.3) is 0 Å². The lowest BCUT2D eigenvalue weighted by Gasteiger charge is -2.11. The smallest absolute Gasteiger partial charge is 0.161 e. The van der Waals surface area contributed by atoms with Gasteiger partial charge in [-0.25, -0.2) is 0 Å². The summed E-state index contributed by atoms with van der Waals surface area (Å²) in [5, 5.41) is 12.9. The van der Waals surface area contributed by atoms with Gasteiger partial charge in [0.15, 0.2) is 11.5 Å². The van der Waals surface area contributed by atoms with Gasteiger partial charge in [-0.05, 0) is 40.1 Å². The largest absolute Gasteiger partial charge is 0.493 e. The van der Waals surface area contributed by atoms with E-state index in [0.29, 0.717) is 11.5 Å². The first-order valence-electron chi connectivity index (χ1n) is 5.65. The van der Waals surface area contributed by atoms with Crippen LogP contribution in [0.1, 0.15) is 11.1 Å². The van der Waals surface area contributed by atoms with Crippen LogP contribution in [-0.2, 0) is 0 Å². The fourth-order valence-corrected chi connectivity index (χ4v) is 2.48. The number of methoxy groups -OCH3 is 2. The molecule has 3 nitrogen and oxygen atoms in total. The van der Waals surface area contributed by atoms with Crippen LogP contribution in [0.2, 0.25) is 0 Å². The van der Waals surface area contributed by atoms with Crippen LogP contribution in [0.25, 0.3) is 5.57 Å². The minimum Gasteiger partial charge on any atom is -0.493 e. The molecule has 0 radical (unpaired) electrons. The number of nitriles is 1. The molecule has 2 aromatic rings. The molecule has 0 N–H and O–H groups in total. The van der Waals surface area contributed by atoms with Crippen molar-refractivity contribution in [3.63, 3.8) is 0 Å². The third-order valence-electron chi connectivity index (χ3n) is 2.74. The summed E-state index contributed by atoms with van der Waals surface area (Å²) in [6.07, 6.45) is 1.54. The number of rotatable bonds is 4. The summed E-state index contributed by atoms with van der Waals surface area (Å²) in [7, 11) is 3.20. The highest BCUT2D eigenvalue weighted by Gasteiger charge is 2.10. The second kappa shape index (κ2) is 6.07. The molecule has 0 saturated heterocycles. The zero-order chi connectivity index (χ0) is 13.7. The normalized spacial score (nSPS) is 10.9. The summed E-state index contributed by atoms with van der Waals surface area (Å²) < 4.78 is 10.5. The Bertz CT molecular complexity index is 624. The maximum absolute atomic E-state index is 8.95. The van der Waals surface area contributed by atoms with Gasteiger partial charge < -0.3 is 9.47 Å². The van der Waals surface area contributed by atoms with Crippen LogP contribution in [0, 0.1) is 11.3 Å². The molecule has 0 aliphatic heterocycles. The molecule has 1 aromatic heterocycles. The zero-order valence-electron chi connectivity index (χ0n) is 10.7. The highest BCUT2D eigenvalue weighted by molar-refractivity contribution is 7.08. The van der Waals surface area contributed by atoms with E-state index in [4.69, 9.17) is 14.7 Å². The molecular weight excluding hydrogens is 258 g/mol. The fraction of sp³-hybridized carbons (Fsp3) is 0.133. The molecule has 0 aliphatic rings. The maximum atomic E-state index is 8.95. The van der Waals surface area contributed by atoms with Crippen molar-refractivity contribution in [3.8, 4) is 17.6 Å². The van der Waals surface area contributed by atoms with Gasteiger partial charge in [-0.3, -0.25) is 0 Å². The highest BCUT2D eigenvalue weighted by atomic mass is 32.1. The van der Waals surface area contributed by atoms with Gasteiger partial charge in [0.05, 0.1) is 20.3 Å². The van der Waals surface area contributed by atoms with E-state index in [1.165, 1.54) is 0 Å². The second-order valence-corrected chi connectivity index (χ2v) is 4.55. The monoisotopic (exact) mass is 271 g/mol. The molecule has 0 bridgehead atoms. The number of nitrogens with zero attached hydrogens (tertiary/aromatic N) is 1. The van der Waals surface area contributed by atoms with E-state index >= 15 is 0 Å². The Morgan fingerprint density at radius 2 is 1.95 bits per heavy atom. The molecule has 96 valence electrons. The van der Waals surface area contributed by atoms with Gasteiger partial charge in [-0.1, -0.05) is 6.07 Å². The first kappa shape index (κ1) is 13.2. The quantitative estimate of drug-likeness (QED) is 0.796. The second-order valence-electron chi connectivity index (χ2n) is 3.77. The Kier molecular flexibility index (Phi) is 4.22. The van der Waals surface area contributed by atoms with Gasteiger partial charge in [0.1, 0.15) is 0 Å². The number of benzene rings is 1. The zero-order valence-corrected chi connectivity index (χ0v) is 11.5. The minimum absolute atomic E-state index is 0.652. The van der Waals surface area contributed by atoms with Gasteiger partial charge in [0.2, 0.25) is 0 Å². The highest BCUT2D eigenvalue weighted by Crippen LogP contribution is 2.33. The van der Waals surface area contributed by atoms with E-state index in [2.05, 4.69) is 6.07 Å². The standard InChI is InChI=1S/C15H13NO2S/c1-17-14-4-3-11(9-15(14)18-2)13(5-7-16)12-6-8-19-10-12/h3-6,8-10H,1-2H3. The third kappa shape index (κ3) is 2.78. The van der Waals surface area contributed by atoms with E-state index in [9.17, 15) is 0 Å². The summed E-state index contributed by atoms with van der Waals surface area (Å²) >= 11 is 1.60. The third-order valence-corrected chi connectivity index (χ3v) is 3.42. The Morgan fingerprint density at radius 1 is 1.16 bits per heavy atom. The molecule has 1 aromatic carbocycles. The van der Waals surface area contributed by atoms with Gasteiger partial charge >= 0.3 is 0 Å². The molecule has 1 heterocycles. The summed E-state index contributed by atoms with van der Waals surface area (Å²) in [6, 6.07) is 9.71. The average Bonchev–Trinajstić information content (AvgIpc) is 2.98. The summed E-state index contributed by atoms with van der Waals surface area (Å²) in [4.78, 5) is 0. The summed E-state index contributed by atoms with van der Waals surface area (Å²) in [6.45, 7) is 0. The Hall–Kier alpha value is -2.25. The van der Waals surface area contributed by atoms with Crippen LogP contribution < -0.4 is 9.47 Å². The Labute approximate surface area is 116 Å². The molecule has 0 fully saturated rings. The molecule has 0 saturated carbocycles. The first-order valence-corrected chi connectivity index (χ1v) is 6.59. The van der Waals surface area contributed by atoms with Gasteiger partial charge in [0, 0.05) is 11.6 Å². The number of ether oxygens (including phenoxy) is 2. The fourth-order valence-electron chi connectivity index (χ4n) is 1.82. The lowest BCUT2D eigenvalue weighted by Crippen LogP contribution is -1.93. The molecule has 0 atom stereocenters. The predicted molar refractivity (Wildman–Crippen MR) is 76.6 cm³/mol. The van der Waals surface area contributed by atoms with Crippen molar-refractivity contribution in [2.45, 2.75) is 0 Å². The molecule has 2 rings (SSSR count). The number of allylic oxidation sites excluding steroid dienone is 1. The first-order chi connectivity index (χ1) is 9.30. The van der Waals surface area contributed by atoms with Crippen LogP contribution in [-0.4, -0.2) is 14.2 Å². The molecule has 0 spiro atoms. The summed E-state index contributed by atoms with van der Waals surface area (Å²) in [5.74, 6) is 1.33. The van der Waals surface area contributed by atoms with Crippen LogP contribution in [0.15, 0.2) is 41.1 Å². The van der Waals surface area contributed by atoms with E-state index in [1.54, 1.807) is 31.6 Å². The van der Waals surface area contributed by atoms with Crippen LogP contribution in [0.4, 0.5) is 0 Å². The number of hydrogen-bond donors (Lipinski definition) is 0. The van der Waals surface area contributed by atoms with Crippen molar-refractivity contribution in [1.82, 2.24) is 0 Å². The van der Waals surface area contributed by atoms with E-state index in [0.717, 1.165) is 16.7 Å². The van der Waals surface area contributed by atoms with Crippen molar-refractivity contribution in [2.24, 2.45) is 0 Å². The van der Waals surface area contributed by atoms with Crippen LogP contribution in [0.3, 0.4) is 0 Å². The lowest BCUT2D eigenvalue weighted by molar-refractivity contribution is 0.355. The van der Waals surface area contributed by atoms with E-state index < -0.39 is 0 Å². The minimum atomic E-state index is 0.652. The van der Waals surface area contributed by atoms with E-state index in [-0.39, 0.29) is 0 Å². The maximum Gasteiger partial charge on any atom is 0.161 e. The van der Waals surface area contributed by atoms with Crippen LogP contribution in [0.5, 0.6) is 11.5 Å². The Balaban J connectivity index is 2.50. The van der Waals surface area contributed by atoms with Crippen molar-refractivity contribution >= 4 is 16.9 Å². The number of thiophene rings is 1. The number of hydrogen-bond acceptors (Lipinski definition) is 4. The van der Waals surface area contributed by atoms with E-state index in [1.807, 2.05) is 35.0 Å². The SMILES string of the molecule is COc1ccc(C(=CC#N)c2ccsc2)cc1OC. The molecule has 19 heavy (non-hydrogen) atoms. The lowest BCUT2D eigenvalue weighted by atomic mass is 10.00. The van der Waals surface area contributed by atoms with Crippen LogP contribution >= 0.6 is 11.3 Å². The predicted octanol–water partition coefficient (Wildman–Crippen LogP) is 3.72. The average molecular weight is 271 g/mol. The van der Waals surface area contributed by atoms with Crippen molar-refractivity contribution in [3.05, 3.63) is 52.2 Å². The molecular formula is C15H13NO2S. The van der Waals surface area contributed by atoms with Gasteiger partial charge in [-0.15, -0.1) is 0 Å². The molecule has 0 amide bonds. The van der Waals surface area contributed by atoms with Crippen molar-refractivity contribution in [1.29, 1.82) is 5.26 Å². The summed E-state index contributed by atoms with van der Waals surface area (Å²) in [5.41, 5.74) is 2.83. The topological polar surface area (TPSA) is 42.2 Å². The Morgan fingerprint density at radius 3 is 2.53 bits per heavy atom.